The summed E-state index contributed by atoms with van der Waals surface area (Å²) in [6.07, 6.45) is 1.75. The van der Waals surface area contributed by atoms with E-state index in [4.69, 9.17) is 11.6 Å². The first kappa shape index (κ1) is 18.7. The third-order valence-electron chi connectivity index (χ3n) is 3.45. The van der Waals surface area contributed by atoms with Gasteiger partial charge in [-0.15, -0.1) is 0 Å². The van der Waals surface area contributed by atoms with Gasteiger partial charge in [-0.3, -0.25) is 25.2 Å². The number of carbonyl (C=O) groups excluding carboxylic acids is 2. The Kier molecular flexibility index (Phi) is 6.36. The van der Waals surface area contributed by atoms with Gasteiger partial charge >= 0.3 is 0 Å². The molecule has 0 fully saturated rings. The molecule has 2 rings (SSSR count). The predicted octanol–water partition coefficient (Wildman–Crippen LogP) is 2.36. The molecule has 0 saturated carbocycles. The number of amides is 2. The van der Waals surface area contributed by atoms with Crippen molar-refractivity contribution >= 4 is 23.4 Å². The van der Waals surface area contributed by atoms with Gasteiger partial charge in [-0.1, -0.05) is 43.6 Å². The van der Waals surface area contributed by atoms with Crippen LogP contribution in [0.15, 0.2) is 47.4 Å². The summed E-state index contributed by atoms with van der Waals surface area (Å²) >= 11 is 6.11. The lowest BCUT2D eigenvalue weighted by Crippen LogP contribution is -2.42. The van der Waals surface area contributed by atoms with Crippen molar-refractivity contribution < 1.29 is 9.59 Å². The van der Waals surface area contributed by atoms with Crippen molar-refractivity contribution in [3.63, 3.8) is 0 Å². The second kappa shape index (κ2) is 8.48. The van der Waals surface area contributed by atoms with Crippen molar-refractivity contribution in [2.75, 3.05) is 0 Å². The maximum atomic E-state index is 12.2. The predicted molar refractivity (Wildman–Crippen MR) is 96.3 cm³/mol. The zero-order chi connectivity index (χ0) is 18.4. The van der Waals surface area contributed by atoms with Crippen molar-refractivity contribution in [1.29, 1.82) is 0 Å². The highest BCUT2D eigenvalue weighted by Gasteiger charge is 2.11. The smallest absolute Gasteiger partial charge is 0.271 e. The molecule has 0 aliphatic rings. The Balaban J connectivity index is 2.10. The van der Waals surface area contributed by atoms with Gasteiger partial charge in [0.25, 0.3) is 11.5 Å². The van der Waals surface area contributed by atoms with E-state index in [2.05, 4.69) is 10.9 Å². The Bertz CT molecular complexity index is 830. The molecule has 132 valence electrons. The average Bonchev–Trinajstić information content (AvgIpc) is 2.56. The number of aromatic nitrogens is 1. The van der Waals surface area contributed by atoms with Crippen LogP contribution in [0, 0.1) is 5.92 Å². The second-order valence-electron chi connectivity index (χ2n) is 6.08. The van der Waals surface area contributed by atoms with E-state index in [9.17, 15) is 14.4 Å². The van der Waals surface area contributed by atoms with Gasteiger partial charge in [-0.2, -0.15) is 0 Å². The van der Waals surface area contributed by atoms with E-state index in [1.807, 2.05) is 26.0 Å². The van der Waals surface area contributed by atoms with Gasteiger partial charge in [0.2, 0.25) is 5.91 Å². The largest absolute Gasteiger partial charge is 0.310 e. The van der Waals surface area contributed by atoms with E-state index in [0.717, 1.165) is 5.56 Å². The molecule has 2 amide bonds. The van der Waals surface area contributed by atoms with E-state index in [-0.39, 0.29) is 29.5 Å². The highest BCUT2D eigenvalue weighted by molar-refractivity contribution is 6.31. The summed E-state index contributed by atoms with van der Waals surface area (Å²) in [7, 11) is 0. The minimum absolute atomic E-state index is 0.189. The standard InChI is InChI=1S/C18H20ClN3O3/c1-12(2)9-16(23)20-21-18(25)14-7-8-17(24)22(11-14)10-13-5-3-4-6-15(13)19/h3-8,11-12H,9-10H2,1-2H3,(H,20,23)(H,21,25). The van der Waals surface area contributed by atoms with E-state index < -0.39 is 5.91 Å². The quantitative estimate of drug-likeness (QED) is 0.802. The Morgan fingerprint density at radius 1 is 1.12 bits per heavy atom. The molecule has 0 radical (unpaired) electrons. The molecule has 1 heterocycles. The van der Waals surface area contributed by atoms with E-state index in [0.29, 0.717) is 11.4 Å². The Morgan fingerprint density at radius 2 is 1.84 bits per heavy atom. The van der Waals surface area contributed by atoms with E-state index in [1.165, 1.54) is 22.9 Å². The van der Waals surface area contributed by atoms with Crippen LogP contribution in [0.2, 0.25) is 5.02 Å². The molecule has 1 aromatic carbocycles. The number of rotatable bonds is 5. The molecule has 2 N–H and O–H groups in total. The molecule has 0 spiro atoms. The number of nitrogens with zero attached hydrogens (tertiary/aromatic N) is 1. The lowest BCUT2D eigenvalue weighted by atomic mass is 10.1. The molecule has 25 heavy (non-hydrogen) atoms. The first-order valence-electron chi connectivity index (χ1n) is 7.90. The lowest BCUT2D eigenvalue weighted by Gasteiger charge is -2.11. The van der Waals surface area contributed by atoms with Crippen LogP contribution in [0.4, 0.5) is 0 Å². The molecular formula is C18H20ClN3O3. The van der Waals surface area contributed by atoms with Crippen LogP contribution in [0.25, 0.3) is 0 Å². The van der Waals surface area contributed by atoms with Crippen molar-refractivity contribution in [2.45, 2.75) is 26.8 Å². The Morgan fingerprint density at radius 3 is 2.52 bits per heavy atom. The fraction of sp³-hybridized carbons (Fsp3) is 0.278. The van der Waals surface area contributed by atoms with Crippen LogP contribution in [-0.2, 0) is 11.3 Å². The molecule has 6 nitrogen and oxygen atoms in total. The molecule has 1 aromatic heterocycles. The molecule has 0 saturated heterocycles. The second-order valence-corrected chi connectivity index (χ2v) is 6.48. The number of hydrogen-bond donors (Lipinski definition) is 2. The SMILES string of the molecule is CC(C)CC(=O)NNC(=O)c1ccc(=O)n(Cc2ccccc2Cl)c1. The summed E-state index contributed by atoms with van der Waals surface area (Å²) in [5.41, 5.74) is 5.49. The molecule has 7 heteroatoms. The summed E-state index contributed by atoms with van der Waals surface area (Å²) < 4.78 is 1.39. The average molecular weight is 362 g/mol. The van der Waals surface area contributed by atoms with Gasteiger partial charge in [0.05, 0.1) is 12.1 Å². The van der Waals surface area contributed by atoms with Crippen molar-refractivity contribution in [3.8, 4) is 0 Å². The van der Waals surface area contributed by atoms with Crippen LogP contribution in [0.3, 0.4) is 0 Å². The van der Waals surface area contributed by atoms with Gasteiger partial charge in [-0.05, 0) is 23.6 Å². The lowest BCUT2D eigenvalue weighted by molar-refractivity contribution is -0.122. The molecule has 0 aliphatic heterocycles. The fourth-order valence-electron chi connectivity index (χ4n) is 2.22. The van der Waals surface area contributed by atoms with Gasteiger partial charge in [0, 0.05) is 23.7 Å². The summed E-state index contributed by atoms with van der Waals surface area (Å²) in [4.78, 5) is 35.8. The van der Waals surface area contributed by atoms with Crippen LogP contribution < -0.4 is 16.4 Å². The minimum atomic E-state index is -0.495. The number of carbonyl (C=O) groups is 2. The van der Waals surface area contributed by atoms with Crippen LogP contribution in [-0.4, -0.2) is 16.4 Å². The Labute approximate surface area is 150 Å². The van der Waals surface area contributed by atoms with Gasteiger partial charge < -0.3 is 4.57 Å². The first-order chi connectivity index (χ1) is 11.9. The third-order valence-corrected chi connectivity index (χ3v) is 3.82. The number of nitrogens with one attached hydrogen (secondary N) is 2. The third kappa shape index (κ3) is 5.46. The number of hydrogen-bond acceptors (Lipinski definition) is 3. The number of halogens is 1. The van der Waals surface area contributed by atoms with Crippen molar-refractivity contribution in [1.82, 2.24) is 15.4 Å². The normalized spacial score (nSPS) is 10.6. The van der Waals surface area contributed by atoms with Gasteiger partial charge in [0.15, 0.2) is 0 Å². The summed E-state index contributed by atoms with van der Waals surface area (Å²) in [5, 5.41) is 0.546. The molecule has 0 unspecified atom stereocenters. The monoisotopic (exact) mass is 361 g/mol. The van der Waals surface area contributed by atoms with Crippen LogP contribution in [0.5, 0.6) is 0 Å². The summed E-state index contributed by atoms with van der Waals surface area (Å²) in [5.74, 6) is -0.577. The van der Waals surface area contributed by atoms with E-state index >= 15 is 0 Å². The first-order valence-corrected chi connectivity index (χ1v) is 8.27. The summed E-state index contributed by atoms with van der Waals surface area (Å²) in [6.45, 7) is 4.07. The summed E-state index contributed by atoms with van der Waals surface area (Å²) in [6, 6.07) is 9.90. The molecular weight excluding hydrogens is 342 g/mol. The molecule has 0 aliphatic carbocycles. The Hall–Kier alpha value is -2.60. The number of benzene rings is 1. The molecule has 0 atom stereocenters. The van der Waals surface area contributed by atoms with Crippen molar-refractivity contribution in [3.05, 3.63) is 69.1 Å². The molecule has 2 aromatic rings. The zero-order valence-corrected chi connectivity index (χ0v) is 14.8. The van der Waals surface area contributed by atoms with Crippen LogP contribution in [0.1, 0.15) is 36.2 Å². The number of pyridine rings is 1. The molecule has 0 bridgehead atoms. The van der Waals surface area contributed by atoms with Crippen molar-refractivity contribution in [2.24, 2.45) is 5.92 Å². The highest BCUT2D eigenvalue weighted by atomic mass is 35.5. The maximum absolute atomic E-state index is 12.2. The minimum Gasteiger partial charge on any atom is -0.310 e. The number of hydrazine groups is 1. The van der Waals surface area contributed by atoms with E-state index in [1.54, 1.807) is 12.1 Å². The fourth-order valence-corrected chi connectivity index (χ4v) is 2.42. The van der Waals surface area contributed by atoms with Crippen LogP contribution >= 0.6 is 11.6 Å². The highest BCUT2D eigenvalue weighted by Crippen LogP contribution is 2.15. The van der Waals surface area contributed by atoms with Gasteiger partial charge in [0.1, 0.15) is 0 Å². The zero-order valence-electron chi connectivity index (χ0n) is 14.1. The van der Waals surface area contributed by atoms with Gasteiger partial charge in [-0.25, -0.2) is 0 Å². The topological polar surface area (TPSA) is 80.2 Å². The maximum Gasteiger partial charge on any atom is 0.271 e.